The summed E-state index contributed by atoms with van der Waals surface area (Å²) in [7, 11) is 0. The summed E-state index contributed by atoms with van der Waals surface area (Å²) in [5, 5.41) is 12.9. The number of aromatic nitrogens is 2. The van der Waals surface area contributed by atoms with Crippen molar-refractivity contribution >= 4 is 5.97 Å². The van der Waals surface area contributed by atoms with Gasteiger partial charge in [0.2, 0.25) is 0 Å². The van der Waals surface area contributed by atoms with E-state index in [-0.39, 0.29) is 0 Å². The highest BCUT2D eigenvalue weighted by atomic mass is 16.4. The molecule has 0 aromatic carbocycles. The Hall–Kier alpha value is -1.36. The van der Waals surface area contributed by atoms with Gasteiger partial charge in [-0.25, -0.2) is 0 Å². The van der Waals surface area contributed by atoms with E-state index >= 15 is 0 Å². The third-order valence-electron chi connectivity index (χ3n) is 2.03. The van der Waals surface area contributed by atoms with Gasteiger partial charge in [0.05, 0.1) is 5.69 Å². The lowest BCUT2D eigenvalue weighted by Crippen LogP contribution is -2.33. The second kappa shape index (κ2) is 4.23. The SMILES string of the molecule is CCn1nc(C)cc1C[C@H](N)C(=O)O. The van der Waals surface area contributed by atoms with Gasteiger partial charge in [-0.3, -0.25) is 9.48 Å². The molecule has 0 aliphatic rings. The fourth-order valence-electron chi connectivity index (χ4n) is 1.35. The molecular formula is C9H15N3O2. The number of aliphatic carboxylic acids is 1. The van der Waals surface area contributed by atoms with E-state index in [0.717, 1.165) is 17.9 Å². The van der Waals surface area contributed by atoms with Crippen LogP contribution in [0, 0.1) is 6.92 Å². The van der Waals surface area contributed by atoms with Gasteiger partial charge in [-0.05, 0) is 19.9 Å². The number of hydrogen-bond donors (Lipinski definition) is 2. The summed E-state index contributed by atoms with van der Waals surface area (Å²) in [5.74, 6) is -0.980. The number of nitrogens with zero attached hydrogens (tertiary/aromatic N) is 2. The molecule has 1 rings (SSSR count). The Labute approximate surface area is 82.5 Å². The van der Waals surface area contributed by atoms with Crippen LogP contribution in [-0.4, -0.2) is 26.9 Å². The van der Waals surface area contributed by atoms with Crippen molar-refractivity contribution in [1.29, 1.82) is 0 Å². The summed E-state index contributed by atoms with van der Waals surface area (Å²) in [6.45, 7) is 4.57. The first-order valence-corrected chi connectivity index (χ1v) is 4.56. The number of carboxylic acid groups (broad SMARTS) is 1. The normalized spacial score (nSPS) is 12.8. The molecule has 1 aromatic rings. The third-order valence-corrected chi connectivity index (χ3v) is 2.03. The maximum absolute atomic E-state index is 10.6. The van der Waals surface area contributed by atoms with Crippen LogP contribution in [0.15, 0.2) is 6.07 Å². The van der Waals surface area contributed by atoms with Crippen molar-refractivity contribution in [3.8, 4) is 0 Å². The van der Waals surface area contributed by atoms with Crippen LogP contribution in [0.2, 0.25) is 0 Å². The molecule has 0 fully saturated rings. The molecule has 0 saturated carbocycles. The fourth-order valence-corrected chi connectivity index (χ4v) is 1.35. The molecule has 0 radical (unpaired) electrons. The number of rotatable bonds is 4. The van der Waals surface area contributed by atoms with Crippen molar-refractivity contribution < 1.29 is 9.90 Å². The van der Waals surface area contributed by atoms with Crippen LogP contribution >= 0.6 is 0 Å². The number of carboxylic acids is 1. The average molecular weight is 197 g/mol. The zero-order valence-electron chi connectivity index (χ0n) is 8.40. The highest BCUT2D eigenvalue weighted by molar-refractivity contribution is 5.73. The lowest BCUT2D eigenvalue weighted by Gasteiger charge is -2.07. The Bertz CT molecular complexity index is 333. The number of aryl methyl sites for hydroxylation is 2. The van der Waals surface area contributed by atoms with Crippen molar-refractivity contribution in [3.05, 3.63) is 17.5 Å². The van der Waals surface area contributed by atoms with Crippen LogP contribution in [0.25, 0.3) is 0 Å². The van der Waals surface area contributed by atoms with Gasteiger partial charge in [0.15, 0.2) is 0 Å². The molecule has 0 aliphatic carbocycles. The van der Waals surface area contributed by atoms with Crippen LogP contribution in [0.4, 0.5) is 0 Å². The number of hydrogen-bond acceptors (Lipinski definition) is 3. The summed E-state index contributed by atoms with van der Waals surface area (Å²) in [6, 6.07) is 1.02. The highest BCUT2D eigenvalue weighted by Gasteiger charge is 2.15. The molecule has 0 amide bonds. The molecule has 5 nitrogen and oxygen atoms in total. The Morgan fingerprint density at radius 2 is 2.43 bits per heavy atom. The second-order valence-corrected chi connectivity index (χ2v) is 3.24. The van der Waals surface area contributed by atoms with E-state index in [0.29, 0.717) is 6.42 Å². The summed E-state index contributed by atoms with van der Waals surface area (Å²) < 4.78 is 1.78. The predicted octanol–water partition coefficient (Wildman–Crippen LogP) is 0.166. The Balaban J connectivity index is 2.79. The maximum atomic E-state index is 10.6. The average Bonchev–Trinajstić information content (AvgIpc) is 2.45. The lowest BCUT2D eigenvalue weighted by molar-refractivity contribution is -0.138. The van der Waals surface area contributed by atoms with Gasteiger partial charge < -0.3 is 10.8 Å². The van der Waals surface area contributed by atoms with E-state index in [1.54, 1.807) is 4.68 Å². The Morgan fingerprint density at radius 3 is 2.93 bits per heavy atom. The van der Waals surface area contributed by atoms with Crippen molar-refractivity contribution in [1.82, 2.24) is 9.78 Å². The minimum absolute atomic E-state index is 0.323. The van der Waals surface area contributed by atoms with Crippen molar-refractivity contribution in [2.75, 3.05) is 0 Å². The largest absolute Gasteiger partial charge is 0.480 e. The predicted molar refractivity (Wildman–Crippen MR) is 52.0 cm³/mol. The maximum Gasteiger partial charge on any atom is 0.320 e. The summed E-state index contributed by atoms with van der Waals surface area (Å²) in [6.07, 6.45) is 0.323. The van der Waals surface area contributed by atoms with Crippen LogP contribution in [-0.2, 0) is 17.8 Å². The fraction of sp³-hybridized carbons (Fsp3) is 0.556. The minimum atomic E-state index is -0.980. The molecule has 1 heterocycles. The summed E-state index contributed by atoms with van der Waals surface area (Å²) >= 11 is 0. The summed E-state index contributed by atoms with van der Waals surface area (Å²) in [5.41, 5.74) is 7.20. The molecule has 0 bridgehead atoms. The lowest BCUT2D eigenvalue weighted by atomic mass is 10.1. The molecule has 14 heavy (non-hydrogen) atoms. The molecule has 1 aromatic heterocycles. The van der Waals surface area contributed by atoms with Gasteiger partial charge in [0.25, 0.3) is 0 Å². The zero-order valence-corrected chi connectivity index (χ0v) is 8.40. The third kappa shape index (κ3) is 2.32. The van der Waals surface area contributed by atoms with E-state index in [2.05, 4.69) is 5.10 Å². The molecule has 5 heteroatoms. The van der Waals surface area contributed by atoms with Crippen molar-refractivity contribution in [2.24, 2.45) is 5.73 Å². The molecule has 0 spiro atoms. The van der Waals surface area contributed by atoms with E-state index < -0.39 is 12.0 Å². The first-order valence-electron chi connectivity index (χ1n) is 4.56. The zero-order chi connectivity index (χ0) is 10.7. The Kier molecular flexibility index (Phi) is 3.24. The van der Waals surface area contributed by atoms with Crippen molar-refractivity contribution in [2.45, 2.75) is 32.9 Å². The van der Waals surface area contributed by atoms with Gasteiger partial charge in [-0.15, -0.1) is 0 Å². The first-order chi connectivity index (χ1) is 6.54. The standard InChI is InChI=1S/C9H15N3O2/c1-3-12-7(4-6(2)11-12)5-8(10)9(13)14/h4,8H,3,5,10H2,1-2H3,(H,13,14)/t8-/m0/s1. The van der Waals surface area contributed by atoms with E-state index in [1.165, 1.54) is 0 Å². The quantitative estimate of drug-likeness (QED) is 0.720. The molecule has 1 atom stereocenters. The second-order valence-electron chi connectivity index (χ2n) is 3.24. The van der Waals surface area contributed by atoms with E-state index in [9.17, 15) is 4.79 Å². The Morgan fingerprint density at radius 1 is 1.79 bits per heavy atom. The van der Waals surface area contributed by atoms with E-state index in [1.807, 2.05) is 19.9 Å². The smallest absolute Gasteiger partial charge is 0.320 e. The topological polar surface area (TPSA) is 81.1 Å². The van der Waals surface area contributed by atoms with Gasteiger partial charge >= 0.3 is 5.97 Å². The number of carbonyl (C=O) groups is 1. The van der Waals surface area contributed by atoms with Crippen LogP contribution in [0.1, 0.15) is 18.3 Å². The first kappa shape index (κ1) is 10.7. The van der Waals surface area contributed by atoms with Gasteiger partial charge in [-0.1, -0.05) is 0 Å². The minimum Gasteiger partial charge on any atom is -0.480 e. The van der Waals surface area contributed by atoms with Crippen molar-refractivity contribution in [3.63, 3.8) is 0 Å². The molecular weight excluding hydrogens is 182 g/mol. The highest BCUT2D eigenvalue weighted by Crippen LogP contribution is 2.06. The molecule has 0 aliphatic heterocycles. The molecule has 0 unspecified atom stereocenters. The summed E-state index contributed by atoms with van der Waals surface area (Å²) in [4.78, 5) is 10.6. The van der Waals surface area contributed by atoms with Gasteiger partial charge in [0, 0.05) is 18.7 Å². The molecule has 3 N–H and O–H groups in total. The number of nitrogens with two attached hydrogens (primary N) is 1. The van der Waals surface area contributed by atoms with Crippen LogP contribution in [0.3, 0.4) is 0 Å². The molecule has 78 valence electrons. The van der Waals surface area contributed by atoms with Crippen LogP contribution < -0.4 is 5.73 Å². The van der Waals surface area contributed by atoms with Crippen LogP contribution in [0.5, 0.6) is 0 Å². The van der Waals surface area contributed by atoms with E-state index in [4.69, 9.17) is 10.8 Å². The van der Waals surface area contributed by atoms with Gasteiger partial charge in [0.1, 0.15) is 6.04 Å². The monoisotopic (exact) mass is 197 g/mol. The molecule has 0 saturated heterocycles. The van der Waals surface area contributed by atoms with Gasteiger partial charge in [-0.2, -0.15) is 5.10 Å².